The number of hydrogen-bond acceptors (Lipinski definition) is 1. The molecule has 1 atom stereocenters. The number of carbonyl (C=O) groups is 1. The summed E-state index contributed by atoms with van der Waals surface area (Å²) < 4.78 is 0.692. The highest BCUT2D eigenvalue weighted by Gasteiger charge is 2.14. The van der Waals surface area contributed by atoms with E-state index in [1.807, 2.05) is 25.1 Å². The van der Waals surface area contributed by atoms with Crippen molar-refractivity contribution in [3.63, 3.8) is 0 Å². The van der Waals surface area contributed by atoms with Crippen LogP contribution in [0.4, 0.5) is 0 Å². The lowest BCUT2D eigenvalue weighted by molar-refractivity contribution is 0.0940. The van der Waals surface area contributed by atoms with Crippen LogP contribution in [0.25, 0.3) is 0 Å². The number of hydrogen-bond donors (Lipinski definition) is 1. The molecule has 0 saturated carbocycles. The molecule has 2 rings (SSSR count). The topological polar surface area (TPSA) is 29.1 Å². The summed E-state index contributed by atoms with van der Waals surface area (Å²) in [5.41, 5.74) is 1.43. The van der Waals surface area contributed by atoms with Gasteiger partial charge >= 0.3 is 0 Å². The first-order chi connectivity index (χ1) is 9.49. The molecule has 104 valence electrons. The molecular weight excluding hydrogens is 361 g/mol. The van der Waals surface area contributed by atoms with E-state index in [4.69, 9.17) is 23.2 Å². The van der Waals surface area contributed by atoms with Gasteiger partial charge in [0.05, 0.1) is 11.1 Å². The van der Waals surface area contributed by atoms with Gasteiger partial charge in [0.25, 0.3) is 5.91 Å². The van der Waals surface area contributed by atoms with Crippen molar-refractivity contribution >= 4 is 45.0 Å². The van der Waals surface area contributed by atoms with Gasteiger partial charge in [-0.25, -0.2) is 0 Å². The Morgan fingerprint density at radius 3 is 2.50 bits per heavy atom. The number of amides is 1. The van der Waals surface area contributed by atoms with Gasteiger partial charge in [-0.1, -0.05) is 41.4 Å². The van der Waals surface area contributed by atoms with Crippen LogP contribution in [-0.2, 0) is 0 Å². The minimum atomic E-state index is -0.175. The van der Waals surface area contributed by atoms with Crippen LogP contribution in [0.3, 0.4) is 0 Å². The predicted octanol–water partition coefficient (Wildman–Crippen LogP) is 5.25. The van der Waals surface area contributed by atoms with Crippen LogP contribution in [0.15, 0.2) is 46.9 Å². The summed E-state index contributed by atoms with van der Waals surface area (Å²) in [5.74, 6) is -0.171. The van der Waals surface area contributed by atoms with E-state index < -0.39 is 0 Å². The Morgan fingerprint density at radius 2 is 1.85 bits per heavy atom. The summed E-state index contributed by atoms with van der Waals surface area (Å²) >= 11 is 15.3. The summed E-state index contributed by atoms with van der Waals surface area (Å²) in [6.45, 7) is 1.89. The van der Waals surface area contributed by atoms with E-state index in [1.165, 1.54) is 0 Å². The van der Waals surface area contributed by atoms with Crippen LogP contribution in [0.5, 0.6) is 0 Å². The second-order valence-electron chi connectivity index (χ2n) is 4.35. The third kappa shape index (κ3) is 3.54. The highest BCUT2D eigenvalue weighted by Crippen LogP contribution is 2.25. The van der Waals surface area contributed by atoms with Gasteiger partial charge < -0.3 is 5.32 Å². The maximum Gasteiger partial charge on any atom is 0.251 e. The zero-order chi connectivity index (χ0) is 14.7. The SMILES string of the molecule is CC(NC(=O)c1ccc(Cl)c(Br)c1)c1ccccc1Cl. The first-order valence-electron chi connectivity index (χ1n) is 5.99. The normalized spacial score (nSPS) is 12.0. The predicted molar refractivity (Wildman–Crippen MR) is 86.5 cm³/mol. The number of rotatable bonds is 3. The molecule has 5 heteroatoms. The average molecular weight is 373 g/mol. The minimum Gasteiger partial charge on any atom is -0.345 e. The number of nitrogens with one attached hydrogen (secondary N) is 1. The van der Waals surface area contributed by atoms with Crippen LogP contribution >= 0.6 is 39.1 Å². The molecule has 0 aromatic heterocycles. The van der Waals surface area contributed by atoms with E-state index in [9.17, 15) is 4.79 Å². The lowest BCUT2D eigenvalue weighted by Crippen LogP contribution is -2.26. The Labute approximate surface area is 136 Å². The van der Waals surface area contributed by atoms with E-state index in [0.717, 1.165) is 5.56 Å². The summed E-state index contributed by atoms with van der Waals surface area (Å²) in [6.07, 6.45) is 0. The van der Waals surface area contributed by atoms with Crippen LogP contribution in [0, 0.1) is 0 Å². The second kappa shape index (κ2) is 6.61. The summed E-state index contributed by atoms with van der Waals surface area (Å²) in [4.78, 5) is 12.2. The maximum absolute atomic E-state index is 12.2. The van der Waals surface area contributed by atoms with Gasteiger partial charge in [-0.15, -0.1) is 0 Å². The summed E-state index contributed by atoms with van der Waals surface area (Å²) in [7, 11) is 0. The Morgan fingerprint density at radius 1 is 1.15 bits per heavy atom. The third-order valence-electron chi connectivity index (χ3n) is 2.90. The molecule has 0 aliphatic rings. The monoisotopic (exact) mass is 371 g/mol. The molecule has 1 unspecified atom stereocenters. The van der Waals surface area contributed by atoms with Gasteiger partial charge in [0.1, 0.15) is 0 Å². The molecule has 0 fully saturated rings. The highest BCUT2D eigenvalue weighted by atomic mass is 79.9. The molecule has 0 heterocycles. The number of halogens is 3. The molecule has 0 bridgehead atoms. The van der Waals surface area contributed by atoms with Crippen molar-refractivity contribution < 1.29 is 4.79 Å². The molecule has 20 heavy (non-hydrogen) atoms. The molecule has 0 aliphatic carbocycles. The van der Waals surface area contributed by atoms with Crippen LogP contribution in [0.1, 0.15) is 28.9 Å². The molecular formula is C15H12BrCl2NO. The maximum atomic E-state index is 12.2. The number of benzene rings is 2. The molecule has 1 N–H and O–H groups in total. The number of carbonyl (C=O) groups excluding carboxylic acids is 1. The molecule has 1 amide bonds. The average Bonchev–Trinajstić information content (AvgIpc) is 2.42. The van der Waals surface area contributed by atoms with Crippen LogP contribution < -0.4 is 5.32 Å². The first kappa shape index (κ1) is 15.4. The quantitative estimate of drug-likeness (QED) is 0.783. The van der Waals surface area contributed by atoms with Crippen molar-refractivity contribution in [2.45, 2.75) is 13.0 Å². The van der Waals surface area contributed by atoms with E-state index in [0.29, 0.717) is 20.1 Å². The van der Waals surface area contributed by atoms with E-state index in [2.05, 4.69) is 21.2 Å². The van der Waals surface area contributed by atoms with E-state index in [1.54, 1.807) is 24.3 Å². The standard InChI is InChI=1S/C15H12BrCl2NO/c1-9(11-4-2-3-5-13(11)17)19-15(20)10-6-7-14(18)12(16)8-10/h2-9H,1H3,(H,19,20). The van der Waals surface area contributed by atoms with Gasteiger partial charge in [-0.2, -0.15) is 0 Å². The molecule has 2 aromatic rings. The van der Waals surface area contributed by atoms with E-state index in [-0.39, 0.29) is 11.9 Å². The molecule has 0 radical (unpaired) electrons. The van der Waals surface area contributed by atoms with Gasteiger partial charge in [0.2, 0.25) is 0 Å². The fourth-order valence-electron chi connectivity index (χ4n) is 1.82. The van der Waals surface area contributed by atoms with Crippen LogP contribution in [0.2, 0.25) is 10.0 Å². The van der Waals surface area contributed by atoms with Crippen molar-refractivity contribution in [3.8, 4) is 0 Å². The second-order valence-corrected chi connectivity index (χ2v) is 6.01. The highest BCUT2D eigenvalue weighted by molar-refractivity contribution is 9.10. The van der Waals surface area contributed by atoms with Crippen molar-refractivity contribution in [3.05, 3.63) is 68.1 Å². The van der Waals surface area contributed by atoms with Crippen molar-refractivity contribution in [2.24, 2.45) is 0 Å². The molecule has 0 aliphatic heterocycles. The lowest BCUT2D eigenvalue weighted by Gasteiger charge is -2.16. The minimum absolute atomic E-state index is 0.171. The lowest BCUT2D eigenvalue weighted by atomic mass is 10.1. The zero-order valence-electron chi connectivity index (χ0n) is 10.7. The Kier molecular flexibility index (Phi) is 5.08. The van der Waals surface area contributed by atoms with Gasteiger partial charge in [0.15, 0.2) is 0 Å². The molecule has 2 aromatic carbocycles. The largest absolute Gasteiger partial charge is 0.345 e. The van der Waals surface area contributed by atoms with Gasteiger partial charge in [-0.3, -0.25) is 4.79 Å². The molecule has 2 nitrogen and oxygen atoms in total. The Balaban J connectivity index is 2.15. The fraction of sp³-hybridized carbons (Fsp3) is 0.133. The van der Waals surface area contributed by atoms with Crippen molar-refractivity contribution in [2.75, 3.05) is 0 Å². The first-order valence-corrected chi connectivity index (χ1v) is 7.54. The fourth-order valence-corrected chi connectivity index (χ4v) is 2.62. The third-order valence-corrected chi connectivity index (χ3v) is 4.46. The van der Waals surface area contributed by atoms with E-state index >= 15 is 0 Å². The smallest absolute Gasteiger partial charge is 0.251 e. The zero-order valence-corrected chi connectivity index (χ0v) is 13.8. The summed E-state index contributed by atoms with van der Waals surface area (Å²) in [6, 6.07) is 12.3. The van der Waals surface area contributed by atoms with Crippen molar-refractivity contribution in [1.29, 1.82) is 0 Å². The Bertz CT molecular complexity index is 646. The van der Waals surface area contributed by atoms with Gasteiger partial charge in [-0.05, 0) is 52.7 Å². The summed E-state index contributed by atoms with van der Waals surface area (Å²) in [5, 5.41) is 4.12. The Hall–Kier alpha value is -1.03. The van der Waals surface area contributed by atoms with Gasteiger partial charge in [0, 0.05) is 15.1 Å². The van der Waals surface area contributed by atoms with Crippen molar-refractivity contribution in [1.82, 2.24) is 5.32 Å². The molecule has 0 saturated heterocycles. The molecule has 0 spiro atoms. The van der Waals surface area contributed by atoms with Crippen LogP contribution in [-0.4, -0.2) is 5.91 Å².